The molecule has 0 radical (unpaired) electrons. The summed E-state index contributed by atoms with van der Waals surface area (Å²) in [6, 6.07) is 12.8. The molecule has 0 spiro atoms. The van der Waals surface area contributed by atoms with Crippen LogP contribution in [0.5, 0.6) is 0 Å². The summed E-state index contributed by atoms with van der Waals surface area (Å²) in [5, 5.41) is 4.11. The summed E-state index contributed by atoms with van der Waals surface area (Å²) in [7, 11) is 1.90. The minimum Gasteiger partial charge on any atom is -0.423 e. The van der Waals surface area contributed by atoms with Crippen LogP contribution < -0.4 is 4.90 Å². The Bertz CT molecular complexity index is 994. The normalized spacial score (nSPS) is 12.4. The average molecular weight is 337 g/mol. The molecule has 2 aromatic carbocycles. The second-order valence-electron chi connectivity index (χ2n) is 5.83. The third-order valence-electron chi connectivity index (χ3n) is 4.28. The van der Waals surface area contributed by atoms with Gasteiger partial charge in [-0.1, -0.05) is 12.1 Å². The average Bonchev–Trinajstić information content (AvgIpc) is 3.30. The fraction of sp³-hybridized carbons (Fsp3) is 0.167. The number of hydrogen-bond donors (Lipinski definition) is 0. The van der Waals surface area contributed by atoms with Crippen molar-refractivity contribution in [3.63, 3.8) is 0 Å². The molecule has 0 fully saturated rings. The van der Waals surface area contributed by atoms with Crippen LogP contribution in [-0.2, 0) is 0 Å². The molecule has 0 saturated carbocycles. The maximum atomic E-state index is 13.3. The van der Waals surface area contributed by atoms with Crippen molar-refractivity contribution in [2.45, 2.75) is 13.0 Å². The molecule has 1 atom stereocenters. The van der Waals surface area contributed by atoms with Crippen molar-refractivity contribution in [2.24, 2.45) is 0 Å². The number of benzene rings is 2. The number of nitrogens with zero attached hydrogens (tertiary/aromatic N) is 5. The van der Waals surface area contributed by atoms with E-state index in [1.54, 1.807) is 17.1 Å². The van der Waals surface area contributed by atoms with Gasteiger partial charge in [-0.25, -0.2) is 14.1 Å². The van der Waals surface area contributed by atoms with Gasteiger partial charge in [-0.2, -0.15) is 10.1 Å². The molecule has 0 aliphatic carbocycles. The standard InChI is InChI=1S/C18H16FN5O/c1-12(13-3-6-15(7-4-13)24-11-20-10-21-24)23(2)18-22-16-9-14(19)5-8-17(16)25-18/h3-12H,1-2H3/t12-/m0/s1. The number of fused-ring (bicyclic) bond motifs is 1. The highest BCUT2D eigenvalue weighted by atomic mass is 19.1. The topological polar surface area (TPSA) is 60.0 Å². The molecule has 7 heteroatoms. The van der Waals surface area contributed by atoms with Gasteiger partial charge in [-0.3, -0.25) is 0 Å². The molecule has 25 heavy (non-hydrogen) atoms. The van der Waals surface area contributed by atoms with Crippen LogP contribution in [0.15, 0.2) is 59.5 Å². The monoisotopic (exact) mass is 337 g/mol. The first-order chi connectivity index (χ1) is 12.1. The van der Waals surface area contributed by atoms with Crippen molar-refractivity contribution >= 4 is 17.1 Å². The van der Waals surface area contributed by atoms with E-state index in [1.807, 2.05) is 36.2 Å². The van der Waals surface area contributed by atoms with Gasteiger partial charge in [0, 0.05) is 13.1 Å². The lowest BCUT2D eigenvalue weighted by Crippen LogP contribution is -2.21. The second kappa shape index (κ2) is 6.01. The van der Waals surface area contributed by atoms with Crippen molar-refractivity contribution in [2.75, 3.05) is 11.9 Å². The van der Waals surface area contributed by atoms with Crippen molar-refractivity contribution < 1.29 is 8.81 Å². The molecule has 0 aliphatic heterocycles. The van der Waals surface area contributed by atoms with Gasteiger partial charge in [0.2, 0.25) is 0 Å². The summed E-state index contributed by atoms with van der Waals surface area (Å²) in [5.74, 6) is -0.327. The highest BCUT2D eigenvalue weighted by molar-refractivity contribution is 5.74. The molecule has 0 N–H and O–H groups in total. The van der Waals surface area contributed by atoms with Gasteiger partial charge >= 0.3 is 0 Å². The van der Waals surface area contributed by atoms with Gasteiger partial charge in [0.1, 0.15) is 24.0 Å². The maximum Gasteiger partial charge on any atom is 0.298 e. The van der Waals surface area contributed by atoms with Gasteiger partial charge in [-0.05, 0) is 36.8 Å². The fourth-order valence-electron chi connectivity index (χ4n) is 2.68. The molecule has 4 rings (SSSR count). The summed E-state index contributed by atoms with van der Waals surface area (Å²) < 4.78 is 20.8. The molecule has 4 aromatic rings. The number of aromatic nitrogens is 4. The van der Waals surface area contributed by atoms with E-state index in [0.717, 1.165) is 11.3 Å². The fourth-order valence-corrected chi connectivity index (χ4v) is 2.68. The third kappa shape index (κ3) is 2.84. The first-order valence-corrected chi connectivity index (χ1v) is 7.86. The molecule has 6 nitrogen and oxygen atoms in total. The van der Waals surface area contributed by atoms with E-state index in [-0.39, 0.29) is 11.9 Å². The summed E-state index contributed by atoms with van der Waals surface area (Å²) in [6.07, 6.45) is 3.16. The van der Waals surface area contributed by atoms with Crippen LogP contribution in [-0.4, -0.2) is 26.8 Å². The molecule has 0 amide bonds. The lowest BCUT2D eigenvalue weighted by atomic mass is 10.1. The van der Waals surface area contributed by atoms with Crippen LogP contribution >= 0.6 is 0 Å². The summed E-state index contributed by atoms with van der Waals surface area (Å²) in [4.78, 5) is 10.2. The van der Waals surface area contributed by atoms with Gasteiger partial charge in [0.25, 0.3) is 6.01 Å². The lowest BCUT2D eigenvalue weighted by Gasteiger charge is -2.23. The Morgan fingerprint density at radius 2 is 1.96 bits per heavy atom. The Labute approximate surface area is 143 Å². The number of hydrogen-bond acceptors (Lipinski definition) is 5. The maximum absolute atomic E-state index is 13.3. The van der Waals surface area contributed by atoms with Gasteiger partial charge in [0.05, 0.1) is 11.7 Å². The van der Waals surface area contributed by atoms with E-state index in [9.17, 15) is 4.39 Å². The zero-order valence-corrected chi connectivity index (χ0v) is 13.8. The third-order valence-corrected chi connectivity index (χ3v) is 4.28. The summed E-state index contributed by atoms with van der Waals surface area (Å²) in [5.41, 5.74) is 3.11. The first kappa shape index (κ1) is 15.3. The summed E-state index contributed by atoms with van der Waals surface area (Å²) >= 11 is 0. The number of halogens is 1. The Morgan fingerprint density at radius 1 is 1.16 bits per heavy atom. The molecule has 2 heterocycles. The van der Waals surface area contributed by atoms with E-state index in [2.05, 4.69) is 22.0 Å². The van der Waals surface area contributed by atoms with Crippen LogP contribution in [0.4, 0.5) is 10.4 Å². The van der Waals surface area contributed by atoms with Crippen molar-refractivity contribution in [3.05, 3.63) is 66.5 Å². The highest BCUT2D eigenvalue weighted by Crippen LogP contribution is 2.28. The van der Waals surface area contributed by atoms with Gasteiger partial charge in [0.15, 0.2) is 5.58 Å². The van der Waals surface area contributed by atoms with Crippen LogP contribution in [0.3, 0.4) is 0 Å². The van der Waals surface area contributed by atoms with Crippen LogP contribution in [0, 0.1) is 5.82 Å². The molecular weight excluding hydrogens is 321 g/mol. The highest BCUT2D eigenvalue weighted by Gasteiger charge is 2.18. The van der Waals surface area contributed by atoms with Crippen LogP contribution in [0.25, 0.3) is 16.8 Å². The largest absolute Gasteiger partial charge is 0.423 e. The predicted molar refractivity (Wildman–Crippen MR) is 92.1 cm³/mol. The number of oxazole rings is 1. The Kier molecular flexibility index (Phi) is 3.68. The minimum absolute atomic E-state index is 0.0303. The predicted octanol–water partition coefficient (Wildman–Crippen LogP) is 3.75. The molecule has 126 valence electrons. The zero-order valence-electron chi connectivity index (χ0n) is 13.8. The molecule has 2 aromatic heterocycles. The second-order valence-corrected chi connectivity index (χ2v) is 5.83. The molecule has 0 bridgehead atoms. The van der Waals surface area contributed by atoms with E-state index in [1.165, 1.54) is 18.5 Å². The van der Waals surface area contributed by atoms with Gasteiger partial charge < -0.3 is 9.32 Å². The van der Waals surface area contributed by atoms with E-state index in [0.29, 0.717) is 17.1 Å². The van der Waals surface area contributed by atoms with Gasteiger partial charge in [-0.15, -0.1) is 0 Å². The molecular formula is C18H16FN5O. The van der Waals surface area contributed by atoms with E-state index in [4.69, 9.17) is 4.42 Å². The Morgan fingerprint density at radius 3 is 2.68 bits per heavy atom. The van der Waals surface area contributed by atoms with Crippen molar-refractivity contribution in [1.82, 2.24) is 19.7 Å². The smallest absolute Gasteiger partial charge is 0.298 e. The first-order valence-electron chi connectivity index (χ1n) is 7.86. The molecule has 0 aliphatic rings. The molecule has 0 saturated heterocycles. The summed E-state index contributed by atoms with van der Waals surface area (Å²) in [6.45, 7) is 2.06. The lowest BCUT2D eigenvalue weighted by molar-refractivity contribution is 0.556. The Balaban J connectivity index is 1.59. The number of anilines is 1. The minimum atomic E-state index is -0.327. The van der Waals surface area contributed by atoms with Crippen LogP contribution in [0.2, 0.25) is 0 Å². The SMILES string of the molecule is C[C@@H](c1ccc(-n2cncn2)cc1)N(C)c1nc2cc(F)ccc2o1. The number of rotatable bonds is 4. The van der Waals surface area contributed by atoms with E-state index < -0.39 is 0 Å². The molecule has 0 unspecified atom stereocenters. The zero-order chi connectivity index (χ0) is 17.4. The Hall–Kier alpha value is -3.22. The van der Waals surface area contributed by atoms with Crippen molar-refractivity contribution in [1.29, 1.82) is 0 Å². The van der Waals surface area contributed by atoms with Crippen LogP contribution in [0.1, 0.15) is 18.5 Å². The quantitative estimate of drug-likeness (QED) is 0.568. The van der Waals surface area contributed by atoms with Crippen molar-refractivity contribution in [3.8, 4) is 5.69 Å². The van der Waals surface area contributed by atoms with E-state index >= 15 is 0 Å².